The molecule has 0 radical (unpaired) electrons. The van der Waals surface area contributed by atoms with Crippen LogP contribution in [0, 0.1) is 5.41 Å². The van der Waals surface area contributed by atoms with Crippen LogP contribution in [0.25, 0.3) is 0 Å². The Kier molecular flexibility index (Phi) is 4.41. The van der Waals surface area contributed by atoms with Gasteiger partial charge < -0.3 is 5.73 Å². The van der Waals surface area contributed by atoms with Gasteiger partial charge in [0.15, 0.2) is 0 Å². The second-order valence-corrected chi connectivity index (χ2v) is 5.86. The van der Waals surface area contributed by atoms with Crippen LogP contribution in [-0.2, 0) is 0 Å². The normalized spacial score (nSPS) is 21.7. The lowest BCUT2D eigenvalue weighted by atomic mass is 9.78. The molecule has 1 aliphatic rings. The second-order valence-electron chi connectivity index (χ2n) is 5.86. The Morgan fingerprint density at radius 3 is 2.33 bits per heavy atom. The van der Waals surface area contributed by atoms with Gasteiger partial charge in [0.1, 0.15) is 0 Å². The summed E-state index contributed by atoms with van der Waals surface area (Å²) in [6.45, 7) is 7.81. The number of nitrogens with two attached hydrogens (primary N) is 1. The van der Waals surface area contributed by atoms with E-state index in [-0.39, 0.29) is 0 Å². The van der Waals surface area contributed by atoms with Crippen LogP contribution in [0.5, 0.6) is 0 Å². The van der Waals surface area contributed by atoms with E-state index < -0.39 is 0 Å². The number of likely N-dealkylation sites (tertiary alicyclic amines) is 1. The average Bonchev–Trinajstić information content (AvgIpc) is 2.43. The molecule has 0 aromatic heterocycles. The van der Waals surface area contributed by atoms with Crippen LogP contribution < -0.4 is 5.73 Å². The Morgan fingerprint density at radius 1 is 1.22 bits per heavy atom. The van der Waals surface area contributed by atoms with Gasteiger partial charge in [0.05, 0.1) is 0 Å². The molecule has 1 fully saturated rings. The standard InChI is InChI=1S/C16H26N2/c1-3-16(2)9-11-18(12-10-16)15(13-17)14-7-5-4-6-8-14/h4-8,15H,3,9-13,17H2,1-2H3. The molecule has 1 aromatic carbocycles. The summed E-state index contributed by atoms with van der Waals surface area (Å²) in [4.78, 5) is 2.56. The fourth-order valence-corrected chi connectivity index (χ4v) is 2.90. The zero-order valence-corrected chi connectivity index (χ0v) is 11.7. The van der Waals surface area contributed by atoms with Crippen LogP contribution in [0.15, 0.2) is 30.3 Å². The molecule has 0 bridgehead atoms. The molecule has 0 amide bonds. The zero-order valence-electron chi connectivity index (χ0n) is 11.7. The van der Waals surface area contributed by atoms with Crippen molar-refractivity contribution in [1.29, 1.82) is 0 Å². The van der Waals surface area contributed by atoms with Gasteiger partial charge in [-0.1, -0.05) is 50.6 Å². The zero-order chi connectivity index (χ0) is 13.0. The van der Waals surface area contributed by atoms with E-state index in [1.165, 1.54) is 37.9 Å². The molecule has 1 unspecified atom stereocenters. The van der Waals surface area contributed by atoms with E-state index in [0.717, 1.165) is 0 Å². The van der Waals surface area contributed by atoms with Crippen molar-refractivity contribution in [1.82, 2.24) is 4.90 Å². The van der Waals surface area contributed by atoms with Gasteiger partial charge in [-0.15, -0.1) is 0 Å². The van der Waals surface area contributed by atoms with Gasteiger partial charge >= 0.3 is 0 Å². The van der Waals surface area contributed by atoms with Crippen LogP contribution in [-0.4, -0.2) is 24.5 Å². The minimum absolute atomic E-state index is 0.396. The van der Waals surface area contributed by atoms with E-state index in [1.54, 1.807) is 0 Å². The summed E-state index contributed by atoms with van der Waals surface area (Å²) >= 11 is 0. The highest BCUT2D eigenvalue weighted by atomic mass is 15.2. The molecule has 2 N–H and O–H groups in total. The van der Waals surface area contributed by atoms with Crippen molar-refractivity contribution < 1.29 is 0 Å². The molecule has 1 saturated heterocycles. The van der Waals surface area contributed by atoms with E-state index in [4.69, 9.17) is 5.73 Å². The van der Waals surface area contributed by atoms with E-state index in [1.807, 2.05) is 0 Å². The Labute approximate surface area is 111 Å². The minimum atomic E-state index is 0.396. The fourth-order valence-electron chi connectivity index (χ4n) is 2.90. The van der Waals surface area contributed by atoms with E-state index in [9.17, 15) is 0 Å². The van der Waals surface area contributed by atoms with Gasteiger partial charge in [-0.2, -0.15) is 0 Å². The summed E-state index contributed by atoms with van der Waals surface area (Å²) in [6, 6.07) is 11.1. The topological polar surface area (TPSA) is 29.3 Å². The number of nitrogens with zero attached hydrogens (tertiary/aromatic N) is 1. The Bertz CT molecular complexity index is 353. The van der Waals surface area contributed by atoms with Gasteiger partial charge in [-0.3, -0.25) is 4.90 Å². The molecule has 18 heavy (non-hydrogen) atoms. The van der Waals surface area contributed by atoms with Crippen LogP contribution in [0.4, 0.5) is 0 Å². The van der Waals surface area contributed by atoms with Crippen molar-refractivity contribution in [3.63, 3.8) is 0 Å². The number of piperidine rings is 1. The van der Waals surface area contributed by atoms with Crippen LogP contribution in [0.3, 0.4) is 0 Å². The van der Waals surface area contributed by atoms with E-state index >= 15 is 0 Å². The summed E-state index contributed by atoms with van der Waals surface area (Å²) in [5, 5.41) is 0. The molecular formula is C16H26N2. The Morgan fingerprint density at radius 2 is 1.83 bits per heavy atom. The smallest absolute Gasteiger partial charge is 0.0470 e. The fraction of sp³-hybridized carbons (Fsp3) is 0.625. The van der Waals surface area contributed by atoms with Gasteiger partial charge in [0.25, 0.3) is 0 Å². The molecule has 0 aliphatic carbocycles. The maximum atomic E-state index is 5.99. The quantitative estimate of drug-likeness (QED) is 0.884. The first kappa shape index (κ1) is 13.6. The van der Waals surface area contributed by atoms with E-state index in [2.05, 4.69) is 49.1 Å². The third-order valence-electron chi connectivity index (χ3n) is 4.71. The summed E-state index contributed by atoms with van der Waals surface area (Å²) in [5.74, 6) is 0. The Hall–Kier alpha value is -0.860. The van der Waals surface area contributed by atoms with Crippen LogP contribution >= 0.6 is 0 Å². The summed E-state index contributed by atoms with van der Waals surface area (Å²) < 4.78 is 0. The van der Waals surface area contributed by atoms with Crippen LogP contribution in [0.2, 0.25) is 0 Å². The highest BCUT2D eigenvalue weighted by molar-refractivity contribution is 5.19. The molecule has 100 valence electrons. The molecule has 1 heterocycles. The van der Waals surface area contributed by atoms with Gasteiger partial charge in [-0.05, 0) is 36.9 Å². The summed E-state index contributed by atoms with van der Waals surface area (Å²) in [6.07, 6.45) is 3.89. The maximum Gasteiger partial charge on any atom is 0.0470 e. The lowest BCUT2D eigenvalue weighted by Gasteiger charge is -2.42. The van der Waals surface area contributed by atoms with Gasteiger partial charge in [-0.25, -0.2) is 0 Å². The number of benzene rings is 1. The molecule has 1 aromatic rings. The SMILES string of the molecule is CCC1(C)CCN(C(CN)c2ccccc2)CC1. The summed E-state index contributed by atoms with van der Waals surface area (Å²) in [7, 11) is 0. The lowest BCUT2D eigenvalue weighted by molar-refractivity contribution is 0.0829. The average molecular weight is 246 g/mol. The van der Waals surface area contributed by atoms with Crippen molar-refractivity contribution in [3.8, 4) is 0 Å². The Balaban J connectivity index is 2.03. The van der Waals surface area contributed by atoms with Crippen molar-refractivity contribution in [3.05, 3.63) is 35.9 Å². The largest absolute Gasteiger partial charge is 0.329 e. The predicted molar refractivity (Wildman–Crippen MR) is 77.4 cm³/mol. The van der Waals surface area contributed by atoms with Gasteiger partial charge in [0, 0.05) is 12.6 Å². The first-order valence-electron chi connectivity index (χ1n) is 7.17. The second kappa shape index (κ2) is 5.85. The third kappa shape index (κ3) is 2.93. The van der Waals surface area contributed by atoms with Gasteiger partial charge in [0.2, 0.25) is 0 Å². The molecule has 2 heteroatoms. The number of rotatable bonds is 4. The predicted octanol–water partition coefficient (Wildman–Crippen LogP) is 3.20. The lowest BCUT2D eigenvalue weighted by Crippen LogP contribution is -2.42. The van der Waals surface area contributed by atoms with Crippen molar-refractivity contribution in [2.45, 2.75) is 39.2 Å². The number of hydrogen-bond donors (Lipinski definition) is 1. The number of hydrogen-bond acceptors (Lipinski definition) is 2. The molecule has 2 rings (SSSR count). The molecule has 0 saturated carbocycles. The first-order chi connectivity index (χ1) is 8.68. The highest BCUT2D eigenvalue weighted by Crippen LogP contribution is 2.36. The highest BCUT2D eigenvalue weighted by Gasteiger charge is 2.31. The third-order valence-corrected chi connectivity index (χ3v) is 4.71. The molecule has 2 nitrogen and oxygen atoms in total. The van der Waals surface area contributed by atoms with Crippen molar-refractivity contribution in [2.75, 3.05) is 19.6 Å². The molecule has 1 atom stereocenters. The molecular weight excluding hydrogens is 220 g/mol. The maximum absolute atomic E-state index is 5.99. The van der Waals surface area contributed by atoms with Crippen LogP contribution in [0.1, 0.15) is 44.7 Å². The van der Waals surface area contributed by atoms with Crippen molar-refractivity contribution >= 4 is 0 Å². The first-order valence-corrected chi connectivity index (χ1v) is 7.17. The minimum Gasteiger partial charge on any atom is -0.329 e. The molecule has 0 spiro atoms. The molecule has 1 aliphatic heterocycles. The van der Waals surface area contributed by atoms with Crippen molar-refractivity contribution in [2.24, 2.45) is 11.1 Å². The summed E-state index contributed by atoms with van der Waals surface area (Å²) in [5.41, 5.74) is 7.90. The monoisotopic (exact) mass is 246 g/mol. The van der Waals surface area contributed by atoms with E-state index in [0.29, 0.717) is 18.0 Å².